The van der Waals surface area contributed by atoms with Crippen LogP contribution in [0.3, 0.4) is 0 Å². The molecular weight excluding hydrogens is 749 g/mol. The zero-order chi connectivity index (χ0) is 42.9. The quantitative estimate of drug-likeness (QED) is 0.0338. The summed E-state index contributed by atoms with van der Waals surface area (Å²) in [5.41, 5.74) is 3.82. The van der Waals surface area contributed by atoms with E-state index in [1.54, 1.807) is 0 Å². The fourth-order valence-electron chi connectivity index (χ4n) is 9.53. The van der Waals surface area contributed by atoms with Crippen LogP contribution in [-0.4, -0.2) is 42.9 Å². The third-order valence-electron chi connectivity index (χ3n) is 12.8. The first-order valence-corrected chi connectivity index (χ1v) is 23.0. The molecule has 0 aliphatic heterocycles. The minimum absolute atomic E-state index is 0.00991. The third-order valence-corrected chi connectivity index (χ3v) is 12.8. The molecule has 0 fully saturated rings. The summed E-state index contributed by atoms with van der Waals surface area (Å²) in [4.78, 5) is 20.1. The van der Waals surface area contributed by atoms with E-state index in [0.29, 0.717) is 11.1 Å². The number of anilines is 2. The molecule has 1 atom stereocenters. The fraction of sp³-hybridized carbons (Fsp3) is 0.382. The monoisotopic (exact) mass is 809 g/mol. The van der Waals surface area contributed by atoms with Gasteiger partial charge in [0, 0.05) is 71.1 Å². The number of unbranched alkanes of at least 4 members (excludes halogenated alkanes) is 8. The number of phenols is 1. The lowest BCUT2D eigenvalue weighted by molar-refractivity contribution is -0.115. The highest BCUT2D eigenvalue weighted by Gasteiger charge is 2.45. The second-order valence-electron chi connectivity index (χ2n) is 16.9. The smallest absolute Gasteiger partial charge is 0.175 e. The highest BCUT2D eigenvalue weighted by molar-refractivity contribution is 6.38. The molecule has 0 saturated carbocycles. The molecule has 0 radical (unpaired) electrons. The number of allylic oxidation sites excluding steroid dienone is 3. The van der Waals surface area contributed by atoms with Crippen molar-refractivity contribution in [3.8, 4) is 11.8 Å². The van der Waals surface area contributed by atoms with E-state index in [1.165, 1.54) is 0 Å². The van der Waals surface area contributed by atoms with Crippen LogP contribution in [0.25, 0.3) is 54.1 Å². The summed E-state index contributed by atoms with van der Waals surface area (Å²) in [6.07, 6.45) is 13.3. The number of Topliss-reactive ketones (excluding diaryl/α,β-unsaturated/α-hetero) is 1. The van der Waals surface area contributed by atoms with Crippen LogP contribution in [0.1, 0.15) is 122 Å². The third kappa shape index (κ3) is 8.81. The Morgan fingerprint density at radius 3 is 1.51 bits per heavy atom. The lowest BCUT2D eigenvalue weighted by Crippen LogP contribution is -2.31. The van der Waals surface area contributed by atoms with Crippen molar-refractivity contribution in [1.29, 1.82) is 5.26 Å². The maximum atomic E-state index is 15.2. The van der Waals surface area contributed by atoms with Crippen LogP contribution in [0.4, 0.5) is 11.4 Å². The van der Waals surface area contributed by atoms with Crippen LogP contribution in [0.2, 0.25) is 0 Å². The largest absolute Gasteiger partial charge is 0.762 e. The van der Waals surface area contributed by atoms with Gasteiger partial charge in [0.05, 0.1) is 11.5 Å². The zero-order valence-electron chi connectivity index (χ0n) is 36.7. The second kappa shape index (κ2) is 20.1. The highest BCUT2D eigenvalue weighted by atomic mass is 16.3. The van der Waals surface area contributed by atoms with Gasteiger partial charge in [-0.2, -0.15) is 5.26 Å². The van der Waals surface area contributed by atoms with Crippen LogP contribution in [-0.2, 0) is 4.79 Å². The Morgan fingerprint density at radius 2 is 1.05 bits per heavy atom. The van der Waals surface area contributed by atoms with E-state index < -0.39 is 5.92 Å². The molecule has 1 aliphatic rings. The average Bonchev–Trinajstić information content (AvgIpc) is 3.28. The number of nitrogens with zero attached hydrogens (tertiary/aromatic N) is 4. The van der Waals surface area contributed by atoms with Gasteiger partial charge < -0.3 is 20.3 Å². The average molecular weight is 810 g/mol. The molecule has 61 heavy (non-hydrogen) atoms. The van der Waals surface area contributed by atoms with Gasteiger partial charge in [-0.1, -0.05) is 134 Å². The predicted octanol–water partition coefficient (Wildman–Crippen LogP) is 14.2. The van der Waals surface area contributed by atoms with Crippen LogP contribution in [0.15, 0.2) is 102 Å². The Labute approximate surface area is 362 Å². The van der Waals surface area contributed by atoms with Crippen LogP contribution in [0.5, 0.6) is 5.75 Å². The van der Waals surface area contributed by atoms with Crippen molar-refractivity contribution in [1.82, 2.24) is 0 Å². The Balaban J connectivity index is 1.46. The molecular formula is C55H61N4O2-. The zero-order valence-corrected chi connectivity index (χ0v) is 36.7. The first-order valence-electron chi connectivity index (χ1n) is 23.0. The molecule has 6 aromatic carbocycles. The molecule has 6 heteroatoms. The maximum Gasteiger partial charge on any atom is 0.175 e. The Kier molecular flexibility index (Phi) is 14.2. The molecule has 1 unspecified atom stereocenters. The molecule has 0 amide bonds. The lowest BCUT2D eigenvalue weighted by Gasteiger charge is -2.35. The second-order valence-corrected chi connectivity index (χ2v) is 16.9. The number of fused-ring (bicyclic) bond motifs is 4. The van der Waals surface area contributed by atoms with Gasteiger partial charge in [-0.05, 0) is 93.9 Å². The van der Waals surface area contributed by atoms with Crippen molar-refractivity contribution in [2.24, 2.45) is 0 Å². The summed E-state index contributed by atoms with van der Waals surface area (Å²) < 4.78 is 0. The summed E-state index contributed by atoms with van der Waals surface area (Å²) in [5.74, 6) is 1.13. The number of carbonyl (C=O) groups excluding carboxylic acids is 1. The number of rotatable bonds is 21. The number of hydrogen-bond donors (Lipinski definition) is 1. The van der Waals surface area contributed by atoms with Crippen LogP contribution >= 0.6 is 0 Å². The van der Waals surface area contributed by atoms with E-state index in [0.717, 1.165) is 163 Å². The molecule has 0 aromatic heterocycles. The molecule has 314 valence electrons. The van der Waals surface area contributed by atoms with Gasteiger partial charge in [-0.15, -0.1) is 0 Å². The molecule has 0 heterocycles. The van der Waals surface area contributed by atoms with E-state index in [9.17, 15) is 15.8 Å². The van der Waals surface area contributed by atoms with Gasteiger partial charge in [0.15, 0.2) is 5.78 Å². The summed E-state index contributed by atoms with van der Waals surface area (Å²) in [5, 5.41) is 41.4. The SMILES string of the molecule is CCCCCN(CCCCC)c1ccc(C2C(=O)C(c3c(O)cc(N(CCCCC)CCCCC)c4cc5ccccc5cc34)=C2C(=C=[N-])C#N)c2cc3ccccc3cc12. The molecule has 7 rings (SSSR count). The van der Waals surface area contributed by atoms with E-state index in [2.05, 4.69) is 116 Å². The molecule has 6 nitrogen and oxygen atoms in total. The number of carbonyl (C=O) groups is 1. The van der Waals surface area contributed by atoms with Crippen molar-refractivity contribution in [3.05, 3.63) is 119 Å². The maximum absolute atomic E-state index is 15.2. The summed E-state index contributed by atoms with van der Waals surface area (Å²) >= 11 is 0. The van der Waals surface area contributed by atoms with Gasteiger partial charge in [-0.3, -0.25) is 10.7 Å². The summed E-state index contributed by atoms with van der Waals surface area (Å²) in [6, 6.07) is 33.4. The molecule has 1 aliphatic carbocycles. The van der Waals surface area contributed by atoms with Gasteiger partial charge >= 0.3 is 0 Å². The van der Waals surface area contributed by atoms with E-state index in [4.69, 9.17) is 0 Å². The number of aromatic hydroxyl groups is 1. The highest BCUT2D eigenvalue weighted by Crippen LogP contribution is 2.54. The summed E-state index contributed by atoms with van der Waals surface area (Å²) in [6.45, 7) is 12.5. The first-order chi connectivity index (χ1) is 29.9. The molecule has 1 N–H and O–H groups in total. The van der Waals surface area contributed by atoms with Gasteiger partial charge in [0.25, 0.3) is 0 Å². The lowest BCUT2D eigenvalue weighted by atomic mass is 9.66. The van der Waals surface area contributed by atoms with Crippen molar-refractivity contribution < 1.29 is 9.90 Å². The van der Waals surface area contributed by atoms with Crippen LogP contribution in [0, 0.1) is 11.3 Å². The topological polar surface area (TPSA) is 89.9 Å². The molecule has 0 spiro atoms. The molecule has 6 aromatic rings. The van der Waals surface area contributed by atoms with Gasteiger partial charge in [0.1, 0.15) is 11.8 Å². The van der Waals surface area contributed by atoms with E-state index in [1.807, 2.05) is 24.3 Å². The number of phenolic OH excluding ortho intramolecular Hbond substituents is 1. The van der Waals surface area contributed by atoms with Gasteiger partial charge in [-0.25, -0.2) is 0 Å². The number of nitriles is 1. The predicted molar refractivity (Wildman–Crippen MR) is 259 cm³/mol. The van der Waals surface area contributed by atoms with Crippen molar-refractivity contribution in [2.45, 2.75) is 111 Å². The fourth-order valence-corrected chi connectivity index (χ4v) is 9.53. The Bertz CT molecular complexity index is 2660. The molecule has 0 bridgehead atoms. The van der Waals surface area contributed by atoms with Gasteiger partial charge in [0.2, 0.25) is 0 Å². The minimum Gasteiger partial charge on any atom is -0.762 e. The Hall–Kier alpha value is -5.89. The molecule has 0 saturated heterocycles. The van der Waals surface area contributed by atoms with E-state index >= 15 is 4.79 Å². The minimum atomic E-state index is -0.843. The van der Waals surface area contributed by atoms with Crippen molar-refractivity contribution in [3.63, 3.8) is 0 Å². The van der Waals surface area contributed by atoms with Crippen LogP contribution < -0.4 is 9.80 Å². The number of ketones is 1. The standard InChI is InChI=1S/C55H61N4O2/c1-5-9-17-27-58(28-18-10-6-2)48-26-25-43(44-31-38-21-13-14-22-39(38)32-45(44)48)53-51(42(36-56)37-57)54(55(53)61)52-47-34-41-24-16-15-23-40(41)33-46(47)49(35-50(52)60)59(29-19-11-7-3)30-20-12-8-4/h13-16,21-26,31-35,53,60H,5-12,17-20,27-30H2,1-4H3/q-1. The van der Waals surface area contributed by atoms with Crippen molar-refractivity contribution in [2.75, 3.05) is 36.0 Å². The Morgan fingerprint density at radius 1 is 0.607 bits per heavy atom. The van der Waals surface area contributed by atoms with E-state index in [-0.39, 0.29) is 22.7 Å². The summed E-state index contributed by atoms with van der Waals surface area (Å²) in [7, 11) is 0. The number of hydrogen-bond acceptors (Lipinski definition) is 5. The normalized spacial score (nSPS) is 13.8. The van der Waals surface area contributed by atoms with Crippen molar-refractivity contribution >= 4 is 71.7 Å². The first kappa shape index (κ1) is 43.2. The number of benzene rings is 6.